The van der Waals surface area contributed by atoms with Crippen molar-refractivity contribution < 1.29 is 0 Å². The van der Waals surface area contributed by atoms with Gasteiger partial charge in [0.1, 0.15) is 0 Å². The highest BCUT2D eigenvalue weighted by Gasteiger charge is 2.17. The zero-order valence-electron chi connectivity index (χ0n) is 10.8. The van der Waals surface area contributed by atoms with Crippen molar-refractivity contribution in [3.8, 4) is 0 Å². The molecule has 0 unspecified atom stereocenters. The minimum Gasteiger partial charge on any atom is -0.303 e. The average molecular weight is 212 g/mol. The number of likely N-dealkylation sites (N-methyl/N-ethyl adjacent to an activating group) is 2. The maximum absolute atomic E-state index is 2.58. The molecule has 0 aromatic rings. The monoisotopic (exact) mass is 212 g/mol. The van der Waals surface area contributed by atoms with Crippen molar-refractivity contribution >= 4 is 0 Å². The van der Waals surface area contributed by atoms with E-state index in [4.69, 9.17) is 0 Å². The van der Waals surface area contributed by atoms with Crippen molar-refractivity contribution in [3.63, 3.8) is 0 Å². The molecule has 90 valence electrons. The molecule has 0 atom stereocenters. The van der Waals surface area contributed by atoms with Crippen LogP contribution in [0.25, 0.3) is 0 Å². The Kier molecular flexibility index (Phi) is 6.26. The topological polar surface area (TPSA) is 6.48 Å². The van der Waals surface area contributed by atoms with Gasteiger partial charge < -0.3 is 9.80 Å². The summed E-state index contributed by atoms with van der Waals surface area (Å²) in [4.78, 5) is 5.09. The van der Waals surface area contributed by atoms with E-state index in [1.165, 1.54) is 58.3 Å². The van der Waals surface area contributed by atoms with Crippen molar-refractivity contribution in [1.82, 2.24) is 9.80 Å². The fourth-order valence-electron chi connectivity index (χ4n) is 2.54. The van der Waals surface area contributed by atoms with Crippen LogP contribution in [0, 0.1) is 0 Å². The molecule has 2 heteroatoms. The molecule has 0 aromatic heterocycles. The molecule has 0 radical (unpaired) electrons. The smallest absolute Gasteiger partial charge is 0.0109 e. The van der Waals surface area contributed by atoms with Crippen molar-refractivity contribution in [1.29, 1.82) is 0 Å². The molecule has 0 bridgehead atoms. The number of hydrogen-bond acceptors (Lipinski definition) is 2. The molecule has 1 fully saturated rings. The third kappa shape index (κ3) is 4.52. The van der Waals surface area contributed by atoms with Gasteiger partial charge in [-0.25, -0.2) is 0 Å². The summed E-state index contributed by atoms with van der Waals surface area (Å²) in [7, 11) is 2.31. The van der Waals surface area contributed by atoms with Gasteiger partial charge in [-0.2, -0.15) is 0 Å². The van der Waals surface area contributed by atoms with Gasteiger partial charge >= 0.3 is 0 Å². The first-order valence-electron chi connectivity index (χ1n) is 6.70. The van der Waals surface area contributed by atoms with Crippen LogP contribution in [0.15, 0.2) is 0 Å². The first-order valence-corrected chi connectivity index (χ1v) is 6.70. The van der Waals surface area contributed by atoms with E-state index >= 15 is 0 Å². The molecule has 0 N–H and O–H groups in total. The summed E-state index contributed by atoms with van der Waals surface area (Å²) in [5.41, 5.74) is 0. The van der Waals surface area contributed by atoms with Crippen LogP contribution in [0.4, 0.5) is 0 Å². The molecular formula is C13H28N2. The quantitative estimate of drug-likeness (QED) is 0.668. The van der Waals surface area contributed by atoms with Gasteiger partial charge in [0.05, 0.1) is 0 Å². The lowest BCUT2D eigenvalue weighted by Gasteiger charge is -2.32. The first kappa shape index (κ1) is 13.0. The highest BCUT2D eigenvalue weighted by atomic mass is 15.2. The zero-order chi connectivity index (χ0) is 11.1. The van der Waals surface area contributed by atoms with Crippen LogP contribution in [-0.4, -0.2) is 49.1 Å². The van der Waals surface area contributed by atoms with Crippen LogP contribution in [0.2, 0.25) is 0 Å². The van der Waals surface area contributed by atoms with Crippen LogP contribution >= 0.6 is 0 Å². The van der Waals surface area contributed by atoms with Gasteiger partial charge in [0.2, 0.25) is 0 Å². The minimum atomic E-state index is 0.870. The summed E-state index contributed by atoms with van der Waals surface area (Å²) in [5.74, 6) is 0. The Morgan fingerprint density at radius 3 is 2.07 bits per heavy atom. The predicted octanol–water partition coefficient (Wildman–Crippen LogP) is 2.59. The second-order valence-corrected chi connectivity index (χ2v) is 4.80. The summed E-state index contributed by atoms with van der Waals surface area (Å²) in [6.45, 7) is 9.37. The molecule has 0 aliphatic heterocycles. The first-order chi connectivity index (χ1) is 7.27. The Labute approximate surface area is 95.6 Å². The van der Waals surface area contributed by atoms with Crippen LogP contribution in [-0.2, 0) is 0 Å². The van der Waals surface area contributed by atoms with Gasteiger partial charge in [0.25, 0.3) is 0 Å². The molecule has 2 nitrogen and oxygen atoms in total. The lowest BCUT2D eigenvalue weighted by atomic mass is 9.94. The summed E-state index contributed by atoms with van der Waals surface area (Å²) < 4.78 is 0. The summed E-state index contributed by atoms with van der Waals surface area (Å²) >= 11 is 0. The van der Waals surface area contributed by atoms with Crippen molar-refractivity contribution in [3.05, 3.63) is 0 Å². The number of nitrogens with zero attached hydrogens (tertiary/aromatic N) is 2. The van der Waals surface area contributed by atoms with E-state index in [2.05, 4.69) is 30.7 Å². The molecule has 0 saturated heterocycles. The Bertz CT molecular complexity index is 149. The Morgan fingerprint density at radius 1 is 0.933 bits per heavy atom. The SMILES string of the molecule is CCN(CC)CCN(C)C1CCCCC1. The summed E-state index contributed by atoms with van der Waals surface area (Å²) in [5, 5.41) is 0. The maximum Gasteiger partial charge on any atom is 0.0109 e. The van der Waals surface area contributed by atoms with E-state index in [-0.39, 0.29) is 0 Å². The maximum atomic E-state index is 2.58. The second-order valence-electron chi connectivity index (χ2n) is 4.80. The molecule has 15 heavy (non-hydrogen) atoms. The molecule has 0 aromatic carbocycles. The van der Waals surface area contributed by atoms with Gasteiger partial charge in [-0.05, 0) is 33.0 Å². The van der Waals surface area contributed by atoms with Gasteiger partial charge in [0.15, 0.2) is 0 Å². The highest BCUT2D eigenvalue weighted by molar-refractivity contribution is 4.74. The van der Waals surface area contributed by atoms with Crippen LogP contribution < -0.4 is 0 Å². The lowest BCUT2D eigenvalue weighted by molar-refractivity contribution is 0.165. The Balaban J connectivity index is 2.18. The third-order valence-corrected chi connectivity index (χ3v) is 3.86. The van der Waals surface area contributed by atoms with Gasteiger partial charge in [-0.1, -0.05) is 33.1 Å². The molecule has 0 amide bonds. The third-order valence-electron chi connectivity index (χ3n) is 3.86. The molecule has 1 aliphatic carbocycles. The van der Waals surface area contributed by atoms with E-state index in [9.17, 15) is 0 Å². The van der Waals surface area contributed by atoms with E-state index in [1.54, 1.807) is 0 Å². The highest BCUT2D eigenvalue weighted by Crippen LogP contribution is 2.21. The molecule has 1 aliphatic rings. The van der Waals surface area contributed by atoms with E-state index in [0.29, 0.717) is 0 Å². The molecule has 0 heterocycles. The van der Waals surface area contributed by atoms with E-state index in [0.717, 1.165) is 6.04 Å². The predicted molar refractivity (Wildman–Crippen MR) is 67.3 cm³/mol. The fraction of sp³-hybridized carbons (Fsp3) is 1.00. The van der Waals surface area contributed by atoms with Gasteiger partial charge in [-0.15, -0.1) is 0 Å². The van der Waals surface area contributed by atoms with Gasteiger partial charge in [-0.3, -0.25) is 0 Å². The Hall–Kier alpha value is -0.0800. The lowest BCUT2D eigenvalue weighted by Crippen LogP contribution is -2.39. The number of hydrogen-bond donors (Lipinski definition) is 0. The van der Waals surface area contributed by atoms with Crippen LogP contribution in [0.3, 0.4) is 0 Å². The van der Waals surface area contributed by atoms with Crippen molar-refractivity contribution in [2.45, 2.75) is 52.0 Å². The summed E-state index contributed by atoms with van der Waals surface area (Å²) in [6, 6.07) is 0.870. The standard InChI is InChI=1S/C13H28N2/c1-4-15(5-2)12-11-14(3)13-9-7-6-8-10-13/h13H,4-12H2,1-3H3. The Morgan fingerprint density at radius 2 is 1.53 bits per heavy atom. The molecule has 1 saturated carbocycles. The summed E-state index contributed by atoms with van der Waals surface area (Å²) in [6.07, 6.45) is 7.20. The second kappa shape index (κ2) is 7.24. The zero-order valence-corrected chi connectivity index (χ0v) is 10.8. The largest absolute Gasteiger partial charge is 0.303 e. The average Bonchev–Trinajstić information content (AvgIpc) is 2.31. The van der Waals surface area contributed by atoms with E-state index < -0.39 is 0 Å². The minimum absolute atomic E-state index is 0.870. The number of rotatable bonds is 6. The van der Waals surface area contributed by atoms with Crippen LogP contribution in [0.5, 0.6) is 0 Å². The van der Waals surface area contributed by atoms with Crippen molar-refractivity contribution in [2.75, 3.05) is 33.2 Å². The van der Waals surface area contributed by atoms with E-state index in [1.807, 2.05) is 0 Å². The molecule has 0 spiro atoms. The molecular weight excluding hydrogens is 184 g/mol. The van der Waals surface area contributed by atoms with Crippen molar-refractivity contribution in [2.24, 2.45) is 0 Å². The van der Waals surface area contributed by atoms with Gasteiger partial charge in [0, 0.05) is 19.1 Å². The normalized spacial score (nSPS) is 19.0. The fourth-order valence-corrected chi connectivity index (χ4v) is 2.54. The van der Waals surface area contributed by atoms with Crippen LogP contribution in [0.1, 0.15) is 46.0 Å². The molecule has 1 rings (SSSR count).